The van der Waals surface area contributed by atoms with Gasteiger partial charge in [0.05, 0.1) is 10.5 Å². The van der Waals surface area contributed by atoms with Crippen molar-refractivity contribution in [1.29, 1.82) is 0 Å². The van der Waals surface area contributed by atoms with Gasteiger partial charge < -0.3 is 5.32 Å². The van der Waals surface area contributed by atoms with E-state index in [0.29, 0.717) is 16.3 Å². The van der Waals surface area contributed by atoms with Crippen LogP contribution >= 0.6 is 11.8 Å². The van der Waals surface area contributed by atoms with E-state index in [1.165, 1.54) is 23.9 Å². The second kappa shape index (κ2) is 7.05. The molecule has 1 aromatic heterocycles. The molecule has 0 fully saturated rings. The number of thioether (sulfide) groups is 1. The number of amides is 1. The Kier molecular flexibility index (Phi) is 5.32. The lowest BCUT2D eigenvalue weighted by atomic mass is 10.2. The third kappa shape index (κ3) is 3.85. The molecule has 0 aliphatic carbocycles. The summed E-state index contributed by atoms with van der Waals surface area (Å²) in [6.45, 7) is 0. The second-order valence-electron chi connectivity index (χ2n) is 4.34. The highest BCUT2D eigenvalue weighted by molar-refractivity contribution is 7.98. The maximum Gasteiger partial charge on any atom is 0.341 e. The smallest absolute Gasteiger partial charge is 0.322 e. The van der Waals surface area contributed by atoms with Gasteiger partial charge in [0.25, 0.3) is 5.91 Å². The van der Waals surface area contributed by atoms with Gasteiger partial charge in [-0.1, -0.05) is 0 Å². The van der Waals surface area contributed by atoms with Crippen LogP contribution in [0, 0.1) is 0 Å². The van der Waals surface area contributed by atoms with Crippen LogP contribution in [0.15, 0.2) is 52.5 Å². The predicted molar refractivity (Wildman–Crippen MR) is 83.6 cm³/mol. The molecule has 9 heteroatoms. The summed E-state index contributed by atoms with van der Waals surface area (Å²) in [7, 11) is -4.64. The molecule has 1 aromatic carbocycles. The van der Waals surface area contributed by atoms with Crippen molar-refractivity contribution in [2.24, 2.45) is 0 Å². The first kappa shape index (κ1) is 17.4. The largest absolute Gasteiger partial charge is 0.341 e. The first-order valence-corrected chi connectivity index (χ1v) is 9.06. The van der Waals surface area contributed by atoms with Crippen molar-refractivity contribution in [2.45, 2.75) is 15.7 Å². The van der Waals surface area contributed by atoms with Gasteiger partial charge in [-0.05, 0) is 42.7 Å². The maximum absolute atomic E-state index is 12.4. The summed E-state index contributed by atoms with van der Waals surface area (Å²) in [5, 5.41) is 3.11. The Bertz CT molecular complexity index is 809. The minimum atomic E-state index is -4.64. The van der Waals surface area contributed by atoms with Crippen LogP contribution in [0.5, 0.6) is 0 Å². The van der Waals surface area contributed by atoms with Crippen LogP contribution in [0.4, 0.5) is 14.5 Å². The fourth-order valence-corrected chi connectivity index (χ4v) is 3.02. The van der Waals surface area contributed by atoms with Gasteiger partial charge in [0, 0.05) is 11.9 Å². The van der Waals surface area contributed by atoms with Crippen molar-refractivity contribution < 1.29 is 22.0 Å². The van der Waals surface area contributed by atoms with E-state index < -0.39 is 26.4 Å². The van der Waals surface area contributed by atoms with Crippen LogP contribution in [0.25, 0.3) is 0 Å². The number of nitrogens with one attached hydrogen (secondary N) is 1. The van der Waals surface area contributed by atoms with Gasteiger partial charge in [0.2, 0.25) is 9.84 Å². The Morgan fingerprint density at radius 2 is 1.87 bits per heavy atom. The first-order chi connectivity index (χ1) is 10.9. The molecule has 1 heterocycles. The number of halogens is 2. The number of benzene rings is 1. The molecule has 5 nitrogen and oxygen atoms in total. The van der Waals surface area contributed by atoms with E-state index >= 15 is 0 Å². The van der Waals surface area contributed by atoms with E-state index in [2.05, 4.69) is 10.3 Å². The number of hydrogen-bond acceptors (Lipinski definition) is 5. The third-order valence-electron chi connectivity index (χ3n) is 2.88. The lowest BCUT2D eigenvalue weighted by Crippen LogP contribution is -2.14. The molecule has 2 aromatic rings. The predicted octanol–water partition coefficient (Wildman–Crippen LogP) is 3.05. The van der Waals surface area contributed by atoms with Gasteiger partial charge in [-0.2, -0.15) is 8.78 Å². The van der Waals surface area contributed by atoms with Crippen LogP contribution in [0.2, 0.25) is 0 Å². The second-order valence-corrected chi connectivity index (χ2v) is 7.06. The number of sulfone groups is 1. The van der Waals surface area contributed by atoms with E-state index in [1.807, 2.05) is 0 Å². The van der Waals surface area contributed by atoms with Crippen LogP contribution in [-0.2, 0) is 9.84 Å². The molecule has 0 aliphatic heterocycles. The number of aromatic nitrogens is 1. The molecule has 0 radical (unpaired) electrons. The van der Waals surface area contributed by atoms with E-state index in [-0.39, 0.29) is 0 Å². The number of rotatable bonds is 5. The highest BCUT2D eigenvalue weighted by Crippen LogP contribution is 2.22. The Labute approximate surface area is 136 Å². The molecule has 0 aliphatic rings. The number of hydrogen-bond donors (Lipinski definition) is 1. The molecule has 1 N–H and O–H groups in total. The van der Waals surface area contributed by atoms with Gasteiger partial charge in [-0.15, -0.1) is 11.8 Å². The van der Waals surface area contributed by atoms with Crippen molar-refractivity contribution in [3.8, 4) is 0 Å². The summed E-state index contributed by atoms with van der Waals surface area (Å²) in [6.07, 6.45) is 3.34. The zero-order valence-electron chi connectivity index (χ0n) is 11.9. The zero-order valence-corrected chi connectivity index (χ0v) is 13.5. The highest BCUT2D eigenvalue weighted by atomic mass is 32.2. The fraction of sp³-hybridized carbons (Fsp3) is 0.143. The average Bonchev–Trinajstić information content (AvgIpc) is 2.55. The highest BCUT2D eigenvalue weighted by Gasteiger charge is 2.26. The summed E-state index contributed by atoms with van der Waals surface area (Å²) in [4.78, 5) is 15.7. The normalized spacial score (nSPS) is 11.5. The van der Waals surface area contributed by atoms with Gasteiger partial charge in [0.1, 0.15) is 5.03 Å². The van der Waals surface area contributed by atoms with Crippen molar-refractivity contribution in [2.75, 3.05) is 11.6 Å². The Morgan fingerprint density at radius 3 is 2.43 bits per heavy atom. The molecule has 122 valence electrons. The van der Waals surface area contributed by atoms with Crippen molar-refractivity contribution in [3.63, 3.8) is 0 Å². The molecule has 0 unspecified atom stereocenters. The Morgan fingerprint density at radius 1 is 1.22 bits per heavy atom. The van der Waals surface area contributed by atoms with Gasteiger partial charge in [-0.25, -0.2) is 13.4 Å². The van der Waals surface area contributed by atoms with E-state index in [4.69, 9.17) is 0 Å². The third-order valence-corrected chi connectivity index (χ3v) is 4.99. The molecule has 0 bridgehead atoms. The SMILES string of the molecule is CSc1ncccc1C(=O)Nc1ccc(S(=O)(=O)C(F)F)cc1. The summed E-state index contributed by atoms with van der Waals surface area (Å²) < 4.78 is 47.5. The molecule has 0 spiro atoms. The number of nitrogens with zero attached hydrogens (tertiary/aromatic N) is 1. The van der Waals surface area contributed by atoms with Crippen molar-refractivity contribution in [3.05, 3.63) is 48.2 Å². The van der Waals surface area contributed by atoms with Crippen molar-refractivity contribution >= 4 is 33.2 Å². The van der Waals surface area contributed by atoms with E-state index in [0.717, 1.165) is 12.1 Å². The van der Waals surface area contributed by atoms with Gasteiger partial charge >= 0.3 is 5.76 Å². The zero-order chi connectivity index (χ0) is 17.0. The van der Waals surface area contributed by atoms with Crippen LogP contribution in [0.1, 0.15) is 10.4 Å². The van der Waals surface area contributed by atoms with Crippen LogP contribution < -0.4 is 5.32 Å². The topological polar surface area (TPSA) is 76.1 Å². The molecular formula is C14H12F2N2O3S2. The quantitative estimate of drug-likeness (QED) is 0.832. The van der Waals surface area contributed by atoms with Gasteiger partial charge in [0.15, 0.2) is 0 Å². The van der Waals surface area contributed by atoms with Crippen LogP contribution in [0.3, 0.4) is 0 Å². The van der Waals surface area contributed by atoms with E-state index in [9.17, 15) is 22.0 Å². The lowest BCUT2D eigenvalue weighted by Gasteiger charge is -2.09. The first-order valence-electron chi connectivity index (χ1n) is 6.28. The fourth-order valence-electron chi connectivity index (χ4n) is 1.76. The number of anilines is 1. The van der Waals surface area contributed by atoms with E-state index in [1.54, 1.807) is 24.6 Å². The molecule has 1 amide bonds. The molecular weight excluding hydrogens is 346 g/mol. The summed E-state index contributed by atoms with van der Waals surface area (Å²) in [5.41, 5.74) is 0.656. The average molecular weight is 358 g/mol. The lowest BCUT2D eigenvalue weighted by molar-refractivity contribution is 0.102. The summed E-state index contributed by atoms with van der Waals surface area (Å²) in [5.74, 6) is -3.91. The van der Waals surface area contributed by atoms with Gasteiger partial charge in [-0.3, -0.25) is 4.79 Å². The molecule has 0 atom stereocenters. The Balaban J connectivity index is 2.20. The Hall–Kier alpha value is -2.00. The standard InChI is InChI=1S/C14H12F2N2O3S2/c1-22-13-11(3-2-8-17-13)12(19)18-9-4-6-10(7-5-9)23(20,21)14(15)16/h2-8,14H,1H3,(H,18,19). The molecule has 23 heavy (non-hydrogen) atoms. The number of alkyl halides is 2. The summed E-state index contributed by atoms with van der Waals surface area (Å²) >= 11 is 1.31. The number of carbonyl (C=O) groups is 1. The minimum absolute atomic E-state index is 0.291. The van der Waals surface area contributed by atoms with Crippen LogP contribution in [-0.4, -0.2) is 31.3 Å². The molecule has 0 saturated heterocycles. The summed E-state index contributed by atoms with van der Waals surface area (Å²) in [6, 6.07) is 7.77. The molecule has 0 saturated carbocycles. The maximum atomic E-state index is 12.4. The molecule has 2 rings (SSSR count). The minimum Gasteiger partial charge on any atom is -0.322 e. The monoisotopic (exact) mass is 358 g/mol. The number of carbonyl (C=O) groups excluding carboxylic acids is 1. The number of pyridine rings is 1. The van der Waals surface area contributed by atoms with Crippen molar-refractivity contribution in [1.82, 2.24) is 4.98 Å².